The highest BCUT2D eigenvalue weighted by atomic mass is 35.5. The Hall–Kier alpha value is -1.74. The summed E-state index contributed by atoms with van der Waals surface area (Å²) in [5, 5.41) is 5.50. The van der Waals surface area contributed by atoms with Crippen LogP contribution in [0, 0.1) is 0 Å². The van der Waals surface area contributed by atoms with Crippen LogP contribution in [0.25, 0.3) is 5.70 Å². The molecular formula is C25H26Cl2N2. The fourth-order valence-corrected chi connectivity index (χ4v) is 5.55. The first kappa shape index (κ1) is 19.2. The summed E-state index contributed by atoms with van der Waals surface area (Å²) in [6.07, 6.45) is 9.07. The largest absolute Gasteiger partial charge is 0.358 e. The highest BCUT2D eigenvalue weighted by Gasteiger charge is 2.30. The van der Waals surface area contributed by atoms with Crippen LogP contribution in [0.1, 0.15) is 42.4 Å². The topological polar surface area (TPSA) is 15.3 Å². The molecule has 2 nitrogen and oxygen atoms in total. The molecule has 5 rings (SSSR count). The molecular weight excluding hydrogens is 399 g/mol. The highest BCUT2D eigenvalue weighted by Crippen LogP contribution is 2.34. The molecule has 1 unspecified atom stereocenters. The van der Waals surface area contributed by atoms with Gasteiger partial charge in [-0.3, -0.25) is 4.90 Å². The molecule has 0 amide bonds. The number of hydrogen-bond donors (Lipinski definition) is 1. The zero-order chi connectivity index (χ0) is 19.8. The molecule has 0 saturated heterocycles. The second-order valence-corrected chi connectivity index (χ2v) is 9.15. The Bertz CT molecular complexity index is 992. The van der Waals surface area contributed by atoms with E-state index in [0.29, 0.717) is 6.04 Å². The van der Waals surface area contributed by atoms with E-state index in [4.69, 9.17) is 23.2 Å². The van der Waals surface area contributed by atoms with Crippen molar-refractivity contribution in [1.29, 1.82) is 0 Å². The molecule has 0 aromatic heterocycles. The Morgan fingerprint density at radius 3 is 2.69 bits per heavy atom. The third-order valence-electron chi connectivity index (χ3n) is 6.65. The Morgan fingerprint density at radius 2 is 1.79 bits per heavy atom. The number of fused-ring (bicyclic) bond motifs is 1. The lowest BCUT2D eigenvalue weighted by Gasteiger charge is -2.39. The fourth-order valence-electron chi connectivity index (χ4n) is 5.04. The summed E-state index contributed by atoms with van der Waals surface area (Å²) in [7, 11) is 0. The average Bonchev–Trinajstić information content (AvgIpc) is 2.96. The summed E-state index contributed by atoms with van der Waals surface area (Å²) in [4.78, 5) is 2.66. The van der Waals surface area contributed by atoms with Gasteiger partial charge >= 0.3 is 0 Å². The first-order valence-corrected chi connectivity index (χ1v) is 11.4. The van der Waals surface area contributed by atoms with Crippen LogP contribution in [-0.4, -0.2) is 24.0 Å². The Labute approximate surface area is 183 Å². The van der Waals surface area contributed by atoms with E-state index >= 15 is 0 Å². The molecule has 2 aromatic carbocycles. The van der Waals surface area contributed by atoms with Crippen LogP contribution in [0.15, 0.2) is 59.8 Å². The van der Waals surface area contributed by atoms with Crippen molar-refractivity contribution >= 4 is 28.9 Å². The smallest absolute Gasteiger partial charge is 0.0499 e. The lowest BCUT2D eigenvalue weighted by Crippen LogP contribution is -2.45. The van der Waals surface area contributed by atoms with Gasteiger partial charge in [-0.2, -0.15) is 0 Å². The third-order valence-corrected chi connectivity index (χ3v) is 7.34. The van der Waals surface area contributed by atoms with Crippen LogP contribution in [0.3, 0.4) is 0 Å². The normalized spacial score (nSPS) is 22.3. The number of aryl methyl sites for hydroxylation is 1. The van der Waals surface area contributed by atoms with E-state index in [1.165, 1.54) is 23.2 Å². The van der Waals surface area contributed by atoms with Gasteiger partial charge in [0.1, 0.15) is 0 Å². The van der Waals surface area contributed by atoms with E-state index in [2.05, 4.69) is 40.6 Å². The zero-order valence-corrected chi connectivity index (χ0v) is 18.1. The molecule has 1 aliphatic carbocycles. The quantitative estimate of drug-likeness (QED) is 0.613. The minimum Gasteiger partial charge on any atom is -0.358 e. The van der Waals surface area contributed by atoms with Gasteiger partial charge < -0.3 is 5.32 Å². The van der Waals surface area contributed by atoms with E-state index in [0.717, 1.165) is 66.5 Å². The van der Waals surface area contributed by atoms with Crippen LogP contribution < -0.4 is 5.32 Å². The highest BCUT2D eigenvalue weighted by molar-refractivity contribution is 6.32. The van der Waals surface area contributed by atoms with Gasteiger partial charge in [-0.25, -0.2) is 0 Å². The lowest BCUT2D eigenvalue weighted by molar-refractivity contribution is 0.184. The summed E-state index contributed by atoms with van der Waals surface area (Å²) in [5.41, 5.74) is 7.99. The summed E-state index contributed by atoms with van der Waals surface area (Å²) >= 11 is 13.0. The van der Waals surface area contributed by atoms with Crippen molar-refractivity contribution in [3.05, 3.63) is 86.5 Å². The molecule has 2 aliphatic heterocycles. The van der Waals surface area contributed by atoms with E-state index in [1.807, 2.05) is 18.2 Å². The van der Waals surface area contributed by atoms with E-state index in [-0.39, 0.29) is 0 Å². The first-order chi connectivity index (χ1) is 14.2. The Morgan fingerprint density at radius 1 is 0.931 bits per heavy atom. The van der Waals surface area contributed by atoms with Crippen molar-refractivity contribution in [3.63, 3.8) is 0 Å². The summed E-state index contributed by atoms with van der Waals surface area (Å²) < 4.78 is 0. The van der Waals surface area contributed by atoms with E-state index in [9.17, 15) is 0 Å². The first-order valence-electron chi connectivity index (χ1n) is 10.6. The molecule has 2 aromatic rings. The summed E-state index contributed by atoms with van der Waals surface area (Å²) in [5.74, 6) is 0. The van der Waals surface area contributed by atoms with Crippen molar-refractivity contribution in [2.75, 3.05) is 13.1 Å². The molecule has 29 heavy (non-hydrogen) atoms. The number of rotatable bonds is 2. The number of hydrogen-bond acceptors (Lipinski definition) is 2. The van der Waals surface area contributed by atoms with Crippen LogP contribution in [0.5, 0.6) is 0 Å². The molecule has 1 N–H and O–H groups in total. The average molecular weight is 425 g/mol. The van der Waals surface area contributed by atoms with E-state index < -0.39 is 0 Å². The maximum Gasteiger partial charge on any atom is 0.0499 e. The van der Waals surface area contributed by atoms with E-state index in [1.54, 1.807) is 5.57 Å². The van der Waals surface area contributed by atoms with Gasteiger partial charge in [0.25, 0.3) is 0 Å². The third kappa shape index (κ3) is 3.86. The number of nitrogens with one attached hydrogen (secondary N) is 1. The number of allylic oxidation sites excluding steroid dienone is 1. The van der Waals surface area contributed by atoms with Gasteiger partial charge in [0.15, 0.2) is 0 Å². The van der Waals surface area contributed by atoms with Crippen molar-refractivity contribution in [2.24, 2.45) is 0 Å². The van der Waals surface area contributed by atoms with Crippen molar-refractivity contribution < 1.29 is 0 Å². The van der Waals surface area contributed by atoms with Gasteiger partial charge in [-0.1, -0.05) is 59.6 Å². The van der Waals surface area contributed by atoms with Crippen LogP contribution in [0.4, 0.5) is 0 Å². The second-order valence-electron chi connectivity index (χ2n) is 8.34. The van der Waals surface area contributed by atoms with Gasteiger partial charge in [0.05, 0.1) is 0 Å². The molecule has 0 fully saturated rings. The molecule has 3 aliphatic rings. The Kier molecular flexibility index (Phi) is 5.43. The number of halogens is 2. The molecule has 0 bridgehead atoms. The van der Waals surface area contributed by atoms with Crippen molar-refractivity contribution in [2.45, 2.75) is 44.6 Å². The Balaban J connectivity index is 1.35. The van der Waals surface area contributed by atoms with Gasteiger partial charge in [-0.05, 0) is 67.4 Å². The molecule has 1 atom stereocenters. The van der Waals surface area contributed by atoms with Gasteiger partial charge in [0.2, 0.25) is 0 Å². The molecule has 0 saturated carbocycles. The molecule has 2 heterocycles. The predicted octanol–water partition coefficient (Wildman–Crippen LogP) is 6.24. The SMILES string of the molecule is Clc1ccccc1C1=CCCC2=C(CN(C3CCc4cccc(Cl)c4C3)CC2)N1. The number of nitrogens with zero attached hydrogens (tertiary/aromatic N) is 1. The molecule has 4 heteroatoms. The predicted molar refractivity (Wildman–Crippen MR) is 122 cm³/mol. The maximum absolute atomic E-state index is 6.52. The van der Waals surface area contributed by atoms with Crippen LogP contribution in [0.2, 0.25) is 10.0 Å². The minimum atomic E-state index is 0.564. The second kappa shape index (κ2) is 8.18. The zero-order valence-electron chi connectivity index (χ0n) is 16.6. The minimum absolute atomic E-state index is 0.564. The van der Waals surface area contributed by atoms with Gasteiger partial charge in [0, 0.05) is 46.1 Å². The fraction of sp³-hybridized carbons (Fsp3) is 0.360. The summed E-state index contributed by atoms with van der Waals surface area (Å²) in [6, 6.07) is 15.0. The molecule has 150 valence electrons. The monoisotopic (exact) mass is 424 g/mol. The molecule has 0 radical (unpaired) electrons. The standard InChI is InChI=1S/C25H26Cl2N2/c26-22-8-2-1-7-20(22)24-10-4-6-18-13-14-29(16-25(18)28-24)19-12-11-17-5-3-9-23(27)21(17)15-19/h1-3,5,7-10,19,28H,4,6,11-16H2. The van der Waals surface area contributed by atoms with Crippen LogP contribution >= 0.6 is 23.2 Å². The van der Waals surface area contributed by atoms with Crippen molar-refractivity contribution in [3.8, 4) is 0 Å². The summed E-state index contributed by atoms with van der Waals surface area (Å²) in [6.45, 7) is 2.13. The number of benzene rings is 2. The van der Waals surface area contributed by atoms with Crippen LogP contribution in [-0.2, 0) is 12.8 Å². The maximum atomic E-state index is 6.52. The lowest BCUT2D eigenvalue weighted by atomic mass is 9.86. The van der Waals surface area contributed by atoms with Crippen molar-refractivity contribution in [1.82, 2.24) is 10.2 Å². The van der Waals surface area contributed by atoms with Gasteiger partial charge in [-0.15, -0.1) is 0 Å². The molecule has 0 spiro atoms.